The lowest BCUT2D eigenvalue weighted by Gasteiger charge is -2.03. The van der Waals surface area contributed by atoms with Gasteiger partial charge in [-0.15, -0.1) is 0 Å². The van der Waals surface area contributed by atoms with Crippen LogP contribution < -0.4 is 4.72 Å². The molecule has 0 fully saturated rings. The van der Waals surface area contributed by atoms with Crippen LogP contribution in [-0.2, 0) is 0 Å². The first-order valence-corrected chi connectivity index (χ1v) is 5.26. The molecule has 1 aromatic heterocycles. The summed E-state index contributed by atoms with van der Waals surface area (Å²) in [5.41, 5.74) is 0. The van der Waals surface area contributed by atoms with Gasteiger partial charge in [0.15, 0.2) is 0 Å². The Morgan fingerprint density at radius 1 is 1.07 bits per heavy atom. The van der Waals surface area contributed by atoms with E-state index in [0.29, 0.717) is 0 Å². The van der Waals surface area contributed by atoms with E-state index >= 15 is 0 Å². The summed E-state index contributed by atoms with van der Waals surface area (Å²) in [6.07, 6.45) is 1.72. The molecule has 1 N–H and O–H groups in total. The van der Waals surface area contributed by atoms with Gasteiger partial charge in [0, 0.05) is 11.1 Å². The van der Waals surface area contributed by atoms with Crippen molar-refractivity contribution in [3.63, 3.8) is 0 Å². The largest absolute Gasteiger partial charge is 0.310 e. The third kappa shape index (κ3) is 2.95. The predicted molar refractivity (Wildman–Crippen MR) is 60.1 cm³/mol. The summed E-state index contributed by atoms with van der Waals surface area (Å²) >= 11 is 1.40. The number of halogens is 1. The van der Waals surface area contributed by atoms with Crippen LogP contribution in [0, 0.1) is 5.82 Å². The molecule has 2 nitrogen and oxygen atoms in total. The molecule has 1 aromatic carbocycles. The molecule has 1 heterocycles. The predicted octanol–water partition coefficient (Wildman–Crippen LogP) is 3.34. The molecule has 0 radical (unpaired) electrons. The van der Waals surface area contributed by atoms with Crippen molar-refractivity contribution in [2.75, 3.05) is 4.72 Å². The number of nitrogens with one attached hydrogen (secondary N) is 1. The van der Waals surface area contributed by atoms with Crippen LogP contribution in [0.3, 0.4) is 0 Å². The van der Waals surface area contributed by atoms with E-state index in [1.54, 1.807) is 18.3 Å². The highest BCUT2D eigenvalue weighted by molar-refractivity contribution is 8.00. The molecule has 0 aliphatic heterocycles. The van der Waals surface area contributed by atoms with Crippen LogP contribution >= 0.6 is 11.9 Å². The number of nitrogens with zero attached hydrogens (tertiary/aromatic N) is 1. The first-order valence-electron chi connectivity index (χ1n) is 4.44. The van der Waals surface area contributed by atoms with Gasteiger partial charge in [-0.25, -0.2) is 9.37 Å². The van der Waals surface area contributed by atoms with Crippen LogP contribution in [0.15, 0.2) is 53.6 Å². The Labute approximate surface area is 91.7 Å². The van der Waals surface area contributed by atoms with Gasteiger partial charge in [0.2, 0.25) is 0 Å². The van der Waals surface area contributed by atoms with Crippen LogP contribution in [0.4, 0.5) is 10.2 Å². The summed E-state index contributed by atoms with van der Waals surface area (Å²) in [5.74, 6) is 0.559. The highest BCUT2D eigenvalue weighted by Gasteiger charge is 1.95. The number of pyridine rings is 1. The van der Waals surface area contributed by atoms with E-state index in [0.717, 1.165) is 10.7 Å². The average molecular weight is 220 g/mol. The fourth-order valence-electron chi connectivity index (χ4n) is 1.04. The second-order valence-corrected chi connectivity index (χ2v) is 3.75. The Morgan fingerprint density at radius 2 is 1.87 bits per heavy atom. The molecule has 0 atom stereocenters. The summed E-state index contributed by atoms with van der Waals surface area (Å²) in [6.45, 7) is 0. The van der Waals surface area contributed by atoms with Crippen molar-refractivity contribution < 1.29 is 4.39 Å². The highest BCUT2D eigenvalue weighted by atomic mass is 32.2. The number of anilines is 1. The molecule has 76 valence electrons. The van der Waals surface area contributed by atoms with E-state index in [2.05, 4.69) is 9.71 Å². The van der Waals surface area contributed by atoms with Crippen LogP contribution in [-0.4, -0.2) is 4.98 Å². The Morgan fingerprint density at radius 3 is 2.53 bits per heavy atom. The molecule has 0 saturated carbocycles. The lowest BCUT2D eigenvalue weighted by atomic mass is 10.4. The van der Waals surface area contributed by atoms with Gasteiger partial charge in [0.1, 0.15) is 11.6 Å². The van der Waals surface area contributed by atoms with Crippen molar-refractivity contribution in [3.05, 3.63) is 54.5 Å². The molecule has 0 spiro atoms. The van der Waals surface area contributed by atoms with Crippen molar-refractivity contribution in [1.82, 2.24) is 4.98 Å². The van der Waals surface area contributed by atoms with Gasteiger partial charge in [0.25, 0.3) is 0 Å². The quantitative estimate of drug-likeness (QED) is 0.803. The summed E-state index contributed by atoms with van der Waals surface area (Å²) < 4.78 is 15.7. The van der Waals surface area contributed by atoms with Gasteiger partial charge in [-0.2, -0.15) is 0 Å². The first kappa shape index (κ1) is 9.98. The third-order valence-corrected chi connectivity index (χ3v) is 2.57. The van der Waals surface area contributed by atoms with Crippen LogP contribution in [0.25, 0.3) is 0 Å². The molecule has 15 heavy (non-hydrogen) atoms. The second kappa shape index (κ2) is 4.79. The summed E-state index contributed by atoms with van der Waals surface area (Å²) in [7, 11) is 0. The van der Waals surface area contributed by atoms with Gasteiger partial charge in [-0.1, -0.05) is 6.07 Å². The fraction of sp³-hybridized carbons (Fsp3) is 0. The summed E-state index contributed by atoms with van der Waals surface area (Å²) in [6, 6.07) is 11.9. The van der Waals surface area contributed by atoms with Crippen molar-refractivity contribution in [3.8, 4) is 0 Å². The molecule has 0 unspecified atom stereocenters. The normalized spacial score (nSPS) is 9.93. The monoisotopic (exact) mass is 220 g/mol. The van der Waals surface area contributed by atoms with Crippen LogP contribution in [0.2, 0.25) is 0 Å². The van der Waals surface area contributed by atoms with Crippen molar-refractivity contribution >= 4 is 17.8 Å². The molecule has 0 amide bonds. The minimum Gasteiger partial charge on any atom is -0.310 e. The Balaban J connectivity index is 1.96. The van der Waals surface area contributed by atoms with Crippen LogP contribution in [0.5, 0.6) is 0 Å². The maximum Gasteiger partial charge on any atom is 0.136 e. The van der Waals surface area contributed by atoms with Gasteiger partial charge in [-0.05, 0) is 48.3 Å². The molecule has 0 aliphatic rings. The van der Waals surface area contributed by atoms with Crippen molar-refractivity contribution in [2.24, 2.45) is 0 Å². The molecular formula is C11H9FN2S. The third-order valence-electron chi connectivity index (χ3n) is 1.75. The van der Waals surface area contributed by atoms with Gasteiger partial charge < -0.3 is 4.72 Å². The molecule has 2 rings (SSSR count). The Kier molecular flexibility index (Phi) is 3.19. The summed E-state index contributed by atoms with van der Waals surface area (Å²) in [4.78, 5) is 5.05. The zero-order valence-electron chi connectivity index (χ0n) is 7.85. The maximum absolute atomic E-state index is 12.6. The van der Waals surface area contributed by atoms with Gasteiger partial charge in [-0.3, -0.25) is 0 Å². The molecule has 4 heteroatoms. The maximum atomic E-state index is 12.6. The first-order chi connectivity index (χ1) is 7.34. The zero-order chi connectivity index (χ0) is 10.5. The number of hydrogen-bond acceptors (Lipinski definition) is 3. The lowest BCUT2D eigenvalue weighted by molar-refractivity contribution is 0.626. The zero-order valence-corrected chi connectivity index (χ0v) is 8.67. The molecule has 2 aromatic rings. The van der Waals surface area contributed by atoms with E-state index in [-0.39, 0.29) is 5.82 Å². The molecule has 0 aliphatic carbocycles. The Hall–Kier alpha value is -1.55. The van der Waals surface area contributed by atoms with Crippen molar-refractivity contribution in [1.29, 1.82) is 0 Å². The van der Waals surface area contributed by atoms with Crippen LogP contribution in [0.1, 0.15) is 0 Å². The lowest BCUT2D eigenvalue weighted by Crippen LogP contribution is -1.88. The number of aromatic nitrogens is 1. The standard InChI is InChI=1S/C11H9FN2S/c12-9-4-6-10(7-5-9)15-14-11-3-1-2-8-13-11/h1-8H,(H,13,14). The highest BCUT2D eigenvalue weighted by Crippen LogP contribution is 2.19. The fourth-order valence-corrected chi connectivity index (χ4v) is 1.65. The number of rotatable bonds is 3. The van der Waals surface area contributed by atoms with E-state index in [4.69, 9.17) is 0 Å². The minimum absolute atomic E-state index is 0.225. The Bertz CT molecular complexity index is 416. The SMILES string of the molecule is Fc1ccc(SNc2ccccn2)cc1. The molecular weight excluding hydrogens is 211 g/mol. The van der Waals surface area contributed by atoms with Gasteiger partial charge >= 0.3 is 0 Å². The van der Waals surface area contributed by atoms with Gasteiger partial charge in [0.05, 0.1) is 0 Å². The van der Waals surface area contributed by atoms with E-state index in [1.165, 1.54) is 24.1 Å². The second-order valence-electron chi connectivity index (χ2n) is 2.87. The number of hydrogen-bond donors (Lipinski definition) is 1. The number of benzene rings is 1. The smallest absolute Gasteiger partial charge is 0.136 e. The summed E-state index contributed by atoms with van der Waals surface area (Å²) in [5, 5.41) is 0. The van der Waals surface area contributed by atoms with E-state index in [9.17, 15) is 4.39 Å². The topological polar surface area (TPSA) is 24.9 Å². The van der Waals surface area contributed by atoms with Crippen molar-refractivity contribution in [2.45, 2.75) is 4.90 Å². The minimum atomic E-state index is -0.225. The molecule has 0 saturated heterocycles. The molecule has 0 bridgehead atoms. The average Bonchev–Trinajstić information content (AvgIpc) is 2.30. The van der Waals surface area contributed by atoms with E-state index < -0.39 is 0 Å². The van der Waals surface area contributed by atoms with E-state index in [1.807, 2.05) is 18.2 Å².